The SMILES string of the molecule is Cc1ccc(C)c(NC2C(=O)Nc3ccc(C)cc32)c1. The Morgan fingerprint density at radius 3 is 2.50 bits per heavy atom. The quantitative estimate of drug-likeness (QED) is 0.869. The van der Waals surface area contributed by atoms with Gasteiger partial charge in [0.25, 0.3) is 5.91 Å². The van der Waals surface area contributed by atoms with Crippen molar-refractivity contribution in [3.8, 4) is 0 Å². The molecule has 0 radical (unpaired) electrons. The van der Waals surface area contributed by atoms with Crippen molar-refractivity contribution in [3.05, 3.63) is 58.7 Å². The molecule has 2 aromatic carbocycles. The maximum absolute atomic E-state index is 12.2. The van der Waals surface area contributed by atoms with Crippen LogP contribution < -0.4 is 10.6 Å². The van der Waals surface area contributed by atoms with Crippen LogP contribution in [0.15, 0.2) is 36.4 Å². The average Bonchev–Trinajstić information content (AvgIpc) is 2.70. The molecule has 0 aliphatic carbocycles. The lowest BCUT2D eigenvalue weighted by Gasteiger charge is -2.16. The summed E-state index contributed by atoms with van der Waals surface area (Å²) >= 11 is 0. The summed E-state index contributed by atoms with van der Waals surface area (Å²) in [5, 5.41) is 6.30. The fraction of sp³-hybridized carbons (Fsp3) is 0.235. The van der Waals surface area contributed by atoms with Crippen LogP contribution in [-0.4, -0.2) is 5.91 Å². The molecule has 1 aliphatic heterocycles. The van der Waals surface area contributed by atoms with Gasteiger partial charge in [-0.05, 0) is 44.0 Å². The zero-order valence-corrected chi connectivity index (χ0v) is 11.9. The van der Waals surface area contributed by atoms with Crippen LogP contribution in [0.4, 0.5) is 11.4 Å². The molecule has 2 N–H and O–H groups in total. The maximum atomic E-state index is 12.2. The number of benzene rings is 2. The van der Waals surface area contributed by atoms with Gasteiger partial charge >= 0.3 is 0 Å². The van der Waals surface area contributed by atoms with E-state index >= 15 is 0 Å². The molecule has 1 unspecified atom stereocenters. The minimum atomic E-state index is -0.314. The molecule has 102 valence electrons. The zero-order chi connectivity index (χ0) is 14.3. The molecule has 3 nitrogen and oxygen atoms in total. The predicted molar refractivity (Wildman–Crippen MR) is 82.1 cm³/mol. The van der Waals surface area contributed by atoms with Crippen molar-refractivity contribution in [3.63, 3.8) is 0 Å². The number of carbonyl (C=O) groups excluding carboxylic acids is 1. The molecular formula is C17H18N2O. The molecule has 1 atom stereocenters. The molecule has 1 aliphatic rings. The first-order chi connectivity index (χ1) is 9.54. The van der Waals surface area contributed by atoms with Gasteiger partial charge in [0.1, 0.15) is 6.04 Å². The summed E-state index contributed by atoms with van der Waals surface area (Å²) < 4.78 is 0. The molecule has 1 amide bonds. The van der Waals surface area contributed by atoms with Crippen LogP contribution in [0.5, 0.6) is 0 Å². The summed E-state index contributed by atoms with van der Waals surface area (Å²) in [5.74, 6) is 0.00602. The highest BCUT2D eigenvalue weighted by atomic mass is 16.2. The van der Waals surface area contributed by atoms with E-state index in [2.05, 4.69) is 41.8 Å². The van der Waals surface area contributed by atoms with Crippen molar-refractivity contribution in [1.29, 1.82) is 0 Å². The van der Waals surface area contributed by atoms with E-state index in [4.69, 9.17) is 0 Å². The average molecular weight is 266 g/mol. The van der Waals surface area contributed by atoms with Gasteiger partial charge in [0.15, 0.2) is 0 Å². The lowest BCUT2D eigenvalue weighted by Crippen LogP contribution is -2.20. The van der Waals surface area contributed by atoms with Gasteiger partial charge in [-0.2, -0.15) is 0 Å². The Labute approximate surface area is 119 Å². The second-order valence-electron chi connectivity index (χ2n) is 5.48. The molecule has 3 rings (SSSR count). The van der Waals surface area contributed by atoms with Crippen molar-refractivity contribution in [2.45, 2.75) is 26.8 Å². The number of nitrogens with one attached hydrogen (secondary N) is 2. The third-order valence-electron chi connectivity index (χ3n) is 3.73. The Morgan fingerprint density at radius 1 is 1.00 bits per heavy atom. The summed E-state index contributed by atoms with van der Waals surface area (Å²) in [7, 11) is 0. The van der Waals surface area contributed by atoms with Crippen LogP contribution in [0.1, 0.15) is 28.3 Å². The van der Waals surface area contributed by atoms with Crippen LogP contribution in [-0.2, 0) is 4.79 Å². The third kappa shape index (κ3) is 2.16. The van der Waals surface area contributed by atoms with Gasteiger partial charge in [0, 0.05) is 16.9 Å². The first kappa shape index (κ1) is 12.7. The molecule has 0 aromatic heterocycles. The van der Waals surface area contributed by atoms with E-state index in [0.717, 1.165) is 28.1 Å². The first-order valence-electron chi connectivity index (χ1n) is 6.80. The van der Waals surface area contributed by atoms with Gasteiger partial charge in [0.2, 0.25) is 0 Å². The van der Waals surface area contributed by atoms with Crippen LogP contribution in [0.2, 0.25) is 0 Å². The number of aryl methyl sites for hydroxylation is 3. The standard InChI is InChI=1S/C17H18N2O/c1-10-5-7-14-13(8-10)16(17(20)19-14)18-15-9-11(2)4-6-12(15)3/h4-9,16,18H,1-3H3,(H,19,20). The van der Waals surface area contributed by atoms with E-state index < -0.39 is 0 Å². The number of rotatable bonds is 2. The molecule has 0 fully saturated rings. The van der Waals surface area contributed by atoms with E-state index in [1.54, 1.807) is 0 Å². The minimum absolute atomic E-state index is 0.00602. The van der Waals surface area contributed by atoms with Gasteiger partial charge in [-0.1, -0.05) is 29.8 Å². The normalized spacial score (nSPS) is 16.8. The second-order valence-corrected chi connectivity index (χ2v) is 5.48. The van der Waals surface area contributed by atoms with E-state index in [0.29, 0.717) is 0 Å². The van der Waals surface area contributed by atoms with Crippen LogP contribution in [0, 0.1) is 20.8 Å². The van der Waals surface area contributed by atoms with Crippen molar-refractivity contribution < 1.29 is 4.79 Å². The Balaban J connectivity index is 1.97. The van der Waals surface area contributed by atoms with Crippen LogP contribution in [0.3, 0.4) is 0 Å². The van der Waals surface area contributed by atoms with E-state index in [1.807, 2.05) is 26.0 Å². The van der Waals surface area contributed by atoms with Crippen molar-refractivity contribution in [2.75, 3.05) is 10.6 Å². The fourth-order valence-electron chi connectivity index (χ4n) is 2.57. The van der Waals surface area contributed by atoms with Gasteiger partial charge in [-0.3, -0.25) is 4.79 Å². The minimum Gasteiger partial charge on any atom is -0.370 e. The second kappa shape index (κ2) is 4.67. The van der Waals surface area contributed by atoms with E-state index in [9.17, 15) is 4.79 Å². The number of anilines is 2. The molecule has 0 bridgehead atoms. The fourth-order valence-corrected chi connectivity index (χ4v) is 2.57. The van der Waals surface area contributed by atoms with Gasteiger partial charge < -0.3 is 10.6 Å². The van der Waals surface area contributed by atoms with E-state index in [-0.39, 0.29) is 11.9 Å². The zero-order valence-electron chi connectivity index (χ0n) is 11.9. The topological polar surface area (TPSA) is 41.1 Å². The Hall–Kier alpha value is -2.29. The Morgan fingerprint density at radius 2 is 1.70 bits per heavy atom. The third-order valence-corrected chi connectivity index (χ3v) is 3.73. The van der Waals surface area contributed by atoms with Gasteiger partial charge in [-0.25, -0.2) is 0 Å². The van der Waals surface area contributed by atoms with Crippen molar-refractivity contribution >= 4 is 17.3 Å². The summed E-state index contributed by atoms with van der Waals surface area (Å²) in [6.45, 7) is 6.14. The number of hydrogen-bond acceptors (Lipinski definition) is 2. The lowest BCUT2D eigenvalue weighted by atomic mass is 10.0. The van der Waals surface area contributed by atoms with E-state index in [1.165, 1.54) is 5.56 Å². The molecular weight excluding hydrogens is 248 g/mol. The monoisotopic (exact) mass is 266 g/mol. The first-order valence-corrected chi connectivity index (χ1v) is 6.80. The number of hydrogen-bond donors (Lipinski definition) is 2. The number of fused-ring (bicyclic) bond motifs is 1. The van der Waals surface area contributed by atoms with Crippen LogP contribution in [0.25, 0.3) is 0 Å². The van der Waals surface area contributed by atoms with Gasteiger partial charge in [0.05, 0.1) is 0 Å². The highest BCUT2D eigenvalue weighted by Gasteiger charge is 2.30. The molecule has 0 saturated carbocycles. The molecule has 3 heteroatoms. The van der Waals surface area contributed by atoms with Crippen molar-refractivity contribution in [2.24, 2.45) is 0 Å². The maximum Gasteiger partial charge on any atom is 0.251 e. The highest BCUT2D eigenvalue weighted by molar-refractivity contribution is 6.04. The Kier molecular flexibility index (Phi) is 2.97. The molecule has 0 spiro atoms. The molecule has 2 aromatic rings. The molecule has 1 heterocycles. The molecule has 20 heavy (non-hydrogen) atoms. The summed E-state index contributed by atoms with van der Waals surface area (Å²) in [4.78, 5) is 12.2. The number of carbonyl (C=O) groups is 1. The molecule has 0 saturated heterocycles. The summed E-state index contributed by atoms with van der Waals surface area (Å²) in [6, 6.07) is 12.0. The smallest absolute Gasteiger partial charge is 0.251 e. The van der Waals surface area contributed by atoms with Gasteiger partial charge in [-0.15, -0.1) is 0 Å². The Bertz CT molecular complexity index is 691. The largest absolute Gasteiger partial charge is 0.370 e. The summed E-state index contributed by atoms with van der Waals surface area (Å²) in [6.07, 6.45) is 0. The predicted octanol–water partition coefficient (Wildman–Crippen LogP) is 3.72. The summed E-state index contributed by atoms with van der Waals surface area (Å²) in [5.41, 5.74) is 6.43. The highest BCUT2D eigenvalue weighted by Crippen LogP contribution is 2.34. The lowest BCUT2D eigenvalue weighted by molar-refractivity contribution is -0.116. The van der Waals surface area contributed by atoms with Crippen LogP contribution >= 0.6 is 0 Å². The number of amides is 1. The van der Waals surface area contributed by atoms with Crippen molar-refractivity contribution in [1.82, 2.24) is 0 Å².